The number of ether oxygens (including phenoxy) is 1. The molecular formula is C14H27NO3. The summed E-state index contributed by atoms with van der Waals surface area (Å²) >= 11 is 0. The molecule has 0 bridgehead atoms. The molecular weight excluding hydrogens is 230 g/mol. The number of aliphatic hydroxyl groups is 1. The van der Waals surface area contributed by atoms with Crippen molar-refractivity contribution in [2.45, 2.75) is 65.5 Å². The molecule has 106 valence electrons. The molecule has 4 heteroatoms. The predicted molar refractivity (Wildman–Crippen MR) is 71.4 cm³/mol. The van der Waals surface area contributed by atoms with E-state index in [-0.39, 0.29) is 12.6 Å². The number of hydrogen-bond donors (Lipinski definition) is 2. The molecule has 1 aliphatic carbocycles. The second-order valence-electron chi connectivity index (χ2n) is 7.20. The van der Waals surface area contributed by atoms with Crippen molar-refractivity contribution in [3.05, 3.63) is 0 Å². The van der Waals surface area contributed by atoms with Crippen LogP contribution < -0.4 is 5.32 Å². The number of carbonyl (C=O) groups excluding carboxylic acids is 1. The summed E-state index contributed by atoms with van der Waals surface area (Å²) in [5.41, 5.74) is -0.0703. The monoisotopic (exact) mass is 257 g/mol. The van der Waals surface area contributed by atoms with E-state index in [1.807, 2.05) is 20.8 Å². The summed E-state index contributed by atoms with van der Waals surface area (Å²) in [5.74, 6) is 0.604. The Balaban J connectivity index is 2.32. The van der Waals surface area contributed by atoms with Gasteiger partial charge in [-0.25, -0.2) is 4.79 Å². The fourth-order valence-electron chi connectivity index (χ4n) is 2.73. The highest BCUT2D eigenvalue weighted by Gasteiger charge is 2.37. The zero-order chi connectivity index (χ0) is 14.0. The molecule has 0 aromatic rings. The third-order valence-corrected chi connectivity index (χ3v) is 3.24. The van der Waals surface area contributed by atoms with E-state index in [0.717, 1.165) is 6.42 Å². The smallest absolute Gasteiger partial charge is 0.407 e. The molecule has 1 fully saturated rings. The van der Waals surface area contributed by atoms with E-state index in [9.17, 15) is 9.90 Å². The first-order chi connectivity index (χ1) is 8.11. The average Bonchev–Trinajstić information content (AvgIpc) is 2.10. The van der Waals surface area contributed by atoms with Gasteiger partial charge in [-0.15, -0.1) is 0 Å². The van der Waals surface area contributed by atoms with E-state index >= 15 is 0 Å². The van der Waals surface area contributed by atoms with Crippen LogP contribution >= 0.6 is 0 Å². The maximum atomic E-state index is 11.6. The Bertz CT molecular complexity index is 286. The first-order valence-electron chi connectivity index (χ1n) is 6.72. The highest BCUT2D eigenvalue weighted by atomic mass is 16.6. The van der Waals surface area contributed by atoms with Gasteiger partial charge in [-0.3, -0.25) is 0 Å². The van der Waals surface area contributed by atoms with Crippen LogP contribution in [-0.2, 0) is 4.74 Å². The van der Waals surface area contributed by atoms with Crippen LogP contribution in [0.15, 0.2) is 0 Å². The Morgan fingerprint density at radius 3 is 2.39 bits per heavy atom. The Kier molecular flexibility index (Phi) is 4.65. The van der Waals surface area contributed by atoms with Crippen LogP contribution in [0.25, 0.3) is 0 Å². The van der Waals surface area contributed by atoms with Crippen LogP contribution in [0.2, 0.25) is 0 Å². The van der Waals surface area contributed by atoms with Crippen molar-refractivity contribution >= 4 is 6.09 Å². The van der Waals surface area contributed by atoms with Gasteiger partial charge < -0.3 is 15.2 Å². The summed E-state index contributed by atoms with van der Waals surface area (Å²) in [5, 5.41) is 12.0. The maximum Gasteiger partial charge on any atom is 0.407 e. The second-order valence-corrected chi connectivity index (χ2v) is 7.20. The fraction of sp³-hybridized carbons (Fsp3) is 0.929. The number of carbonyl (C=O) groups is 1. The van der Waals surface area contributed by atoms with Crippen molar-refractivity contribution in [2.75, 3.05) is 6.61 Å². The maximum absolute atomic E-state index is 11.6. The molecule has 0 aromatic carbocycles. The van der Waals surface area contributed by atoms with Gasteiger partial charge in [0.05, 0.1) is 12.6 Å². The Labute approximate surface area is 110 Å². The van der Waals surface area contributed by atoms with E-state index in [2.05, 4.69) is 19.2 Å². The van der Waals surface area contributed by atoms with Crippen LogP contribution in [0.4, 0.5) is 4.79 Å². The summed E-state index contributed by atoms with van der Waals surface area (Å²) in [6.45, 7) is 9.95. The minimum atomic E-state index is -0.497. The van der Waals surface area contributed by atoms with E-state index in [1.165, 1.54) is 12.8 Å². The molecule has 0 heterocycles. The molecule has 0 aromatic heterocycles. The van der Waals surface area contributed by atoms with Gasteiger partial charge in [0.25, 0.3) is 0 Å². The summed E-state index contributed by atoms with van der Waals surface area (Å²) in [4.78, 5) is 11.6. The van der Waals surface area contributed by atoms with Crippen molar-refractivity contribution in [3.8, 4) is 0 Å². The van der Waals surface area contributed by atoms with Gasteiger partial charge in [-0.05, 0) is 51.4 Å². The molecule has 0 radical (unpaired) electrons. The number of amides is 1. The predicted octanol–water partition coefficient (Wildman–Crippen LogP) is 2.70. The van der Waals surface area contributed by atoms with Crippen molar-refractivity contribution in [1.82, 2.24) is 5.32 Å². The van der Waals surface area contributed by atoms with E-state index in [0.29, 0.717) is 11.3 Å². The van der Waals surface area contributed by atoms with Crippen LogP contribution in [0.5, 0.6) is 0 Å². The van der Waals surface area contributed by atoms with Crippen molar-refractivity contribution < 1.29 is 14.6 Å². The SMILES string of the molecule is CC1(C)CC(CC(CO)NC(=O)OC(C)(C)C)C1. The second kappa shape index (κ2) is 5.47. The zero-order valence-electron chi connectivity index (χ0n) is 12.2. The Hall–Kier alpha value is -0.770. The molecule has 1 atom stereocenters. The minimum absolute atomic E-state index is 0.0316. The standard InChI is InChI=1S/C14H27NO3/c1-13(2,3)18-12(17)15-11(9-16)6-10-7-14(4,5)8-10/h10-11,16H,6-9H2,1-5H3,(H,15,17). The van der Waals surface area contributed by atoms with Gasteiger partial charge >= 0.3 is 6.09 Å². The fourth-order valence-corrected chi connectivity index (χ4v) is 2.73. The number of rotatable bonds is 4. The van der Waals surface area contributed by atoms with E-state index in [4.69, 9.17) is 4.74 Å². The van der Waals surface area contributed by atoms with Crippen LogP contribution in [0, 0.1) is 11.3 Å². The molecule has 4 nitrogen and oxygen atoms in total. The van der Waals surface area contributed by atoms with Crippen molar-refractivity contribution in [1.29, 1.82) is 0 Å². The molecule has 0 spiro atoms. The molecule has 0 aliphatic heterocycles. The first kappa shape index (κ1) is 15.3. The number of alkyl carbamates (subject to hydrolysis) is 1. The lowest BCUT2D eigenvalue weighted by molar-refractivity contribution is 0.0406. The molecule has 1 unspecified atom stereocenters. The van der Waals surface area contributed by atoms with Crippen LogP contribution in [0.1, 0.15) is 53.9 Å². The Morgan fingerprint density at radius 1 is 1.44 bits per heavy atom. The third-order valence-electron chi connectivity index (χ3n) is 3.24. The molecule has 18 heavy (non-hydrogen) atoms. The molecule has 1 saturated carbocycles. The number of aliphatic hydroxyl groups excluding tert-OH is 1. The molecule has 0 saturated heterocycles. The summed E-state index contributed by atoms with van der Waals surface area (Å²) < 4.78 is 5.18. The molecule has 1 rings (SSSR count). The summed E-state index contributed by atoms with van der Waals surface area (Å²) in [6.07, 6.45) is 2.72. The quantitative estimate of drug-likeness (QED) is 0.814. The molecule has 1 aliphatic rings. The van der Waals surface area contributed by atoms with Gasteiger partial charge in [-0.2, -0.15) is 0 Å². The summed E-state index contributed by atoms with van der Waals surface area (Å²) in [7, 11) is 0. The topological polar surface area (TPSA) is 58.6 Å². The molecule has 2 N–H and O–H groups in total. The number of hydrogen-bond acceptors (Lipinski definition) is 3. The van der Waals surface area contributed by atoms with E-state index in [1.54, 1.807) is 0 Å². The van der Waals surface area contributed by atoms with Gasteiger partial charge in [0.2, 0.25) is 0 Å². The van der Waals surface area contributed by atoms with E-state index < -0.39 is 11.7 Å². The minimum Gasteiger partial charge on any atom is -0.444 e. The van der Waals surface area contributed by atoms with Crippen molar-refractivity contribution in [3.63, 3.8) is 0 Å². The van der Waals surface area contributed by atoms with Gasteiger partial charge in [-0.1, -0.05) is 13.8 Å². The average molecular weight is 257 g/mol. The highest BCUT2D eigenvalue weighted by molar-refractivity contribution is 5.68. The lowest BCUT2D eigenvalue weighted by atomic mass is 9.63. The van der Waals surface area contributed by atoms with Gasteiger partial charge in [0.1, 0.15) is 5.60 Å². The van der Waals surface area contributed by atoms with Gasteiger partial charge in [0.15, 0.2) is 0 Å². The van der Waals surface area contributed by atoms with Crippen LogP contribution in [-0.4, -0.2) is 29.4 Å². The first-order valence-corrected chi connectivity index (χ1v) is 6.72. The van der Waals surface area contributed by atoms with Crippen molar-refractivity contribution in [2.24, 2.45) is 11.3 Å². The number of nitrogens with one attached hydrogen (secondary N) is 1. The zero-order valence-corrected chi connectivity index (χ0v) is 12.2. The lowest BCUT2D eigenvalue weighted by Gasteiger charge is -2.44. The molecule has 1 amide bonds. The normalized spacial score (nSPS) is 21.0. The van der Waals surface area contributed by atoms with Gasteiger partial charge in [0, 0.05) is 0 Å². The van der Waals surface area contributed by atoms with Crippen LogP contribution in [0.3, 0.4) is 0 Å². The lowest BCUT2D eigenvalue weighted by Crippen LogP contribution is -2.44. The summed E-state index contributed by atoms with van der Waals surface area (Å²) in [6, 6.07) is -0.194. The largest absolute Gasteiger partial charge is 0.444 e. The highest BCUT2D eigenvalue weighted by Crippen LogP contribution is 2.46. The Morgan fingerprint density at radius 2 is 2.00 bits per heavy atom. The third kappa shape index (κ3) is 5.25.